The first-order valence-corrected chi connectivity index (χ1v) is 13.3. The number of imidazole rings is 1. The van der Waals surface area contributed by atoms with Crippen LogP contribution in [0.15, 0.2) is 30.9 Å². The number of aromatic nitrogens is 7. The fraction of sp³-hybridized carbons (Fsp3) is 0.429. The van der Waals surface area contributed by atoms with Crippen molar-refractivity contribution < 1.29 is 22.6 Å². The van der Waals surface area contributed by atoms with Crippen molar-refractivity contribution in [1.29, 1.82) is 0 Å². The fourth-order valence-corrected chi connectivity index (χ4v) is 4.99. The number of nitrogens with zero attached hydrogens (tertiary/aromatic N) is 8. The minimum Gasteiger partial charge on any atom is -0.480 e. The lowest BCUT2D eigenvalue weighted by molar-refractivity contribution is -0.140. The van der Waals surface area contributed by atoms with Crippen molar-refractivity contribution in [3.63, 3.8) is 0 Å². The zero-order valence-corrected chi connectivity index (χ0v) is 23.1. The number of fused-ring (bicyclic) bond motifs is 1. The Morgan fingerprint density at radius 2 is 1.90 bits per heavy atom. The smallest absolute Gasteiger partial charge is 0.434 e. The van der Waals surface area contributed by atoms with Gasteiger partial charge in [-0.2, -0.15) is 13.2 Å². The Kier molecular flexibility index (Phi) is 6.84. The molecule has 6 rings (SSSR count). The van der Waals surface area contributed by atoms with E-state index in [4.69, 9.17) is 19.4 Å². The monoisotopic (exact) mass is 566 g/mol. The summed E-state index contributed by atoms with van der Waals surface area (Å²) in [6, 6.07) is 3.31. The number of pyridine rings is 1. The van der Waals surface area contributed by atoms with Gasteiger partial charge in [-0.3, -0.25) is 4.98 Å². The second-order valence-corrected chi connectivity index (χ2v) is 10.6. The van der Waals surface area contributed by atoms with E-state index in [0.717, 1.165) is 41.6 Å². The first-order valence-electron chi connectivity index (χ1n) is 13.3. The largest absolute Gasteiger partial charge is 0.480 e. The van der Waals surface area contributed by atoms with Crippen molar-refractivity contribution >= 4 is 5.82 Å². The minimum absolute atomic E-state index is 0.174. The number of hydrogen-bond acceptors (Lipinski definition) is 9. The standard InChI is InChI=1S/C28H29F3N8O2/c1-15(2)39-11-21(28(29,30)31)36-26(39)19-8-5-16(9-32-19)10-38(3)25-18-12-41-13-20(18)35-24(37-25)22-23(17-6-7-17)33-14-34-27(22)40-4/h5,8-9,11,14-15,17H,6-7,10,12-13H2,1-4H3. The molecule has 0 saturated heterocycles. The van der Waals surface area contributed by atoms with E-state index in [9.17, 15) is 13.2 Å². The van der Waals surface area contributed by atoms with Crippen molar-refractivity contribution in [2.24, 2.45) is 0 Å². The molecule has 1 saturated carbocycles. The highest BCUT2D eigenvalue weighted by Crippen LogP contribution is 2.45. The summed E-state index contributed by atoms with van der Waals surface area (Å²) in [7, 11) is 3.49. The van der Waals surface area contributed by atoms with Gasteiger partial charge >= 0.3 is 6.18 Å². The van der Waals surface area contributed by atoms with Gasteiger partial charge in [-0.25, -0.2) is 24.9 Å². The van der Waals surface area contributed by atoms with Crippen molar-refractivity contribution in [1.82, 2.24) is 34.5 Å². The maximum atomic E-state index is 13.3. The Morgan fingerprint density at radius 1 is 1.10 bits per heavy atom. The van der Waals surface area contributed by atoms with Crippen LogP contribution in [-0.4, -0.2) is 48.6 Å². The molecule has 0 bridgehead atoms. The molecule has 0 aromatic carbocycles. The summed E-state index contributed by atoms with van der Waals surface area (Å²) in [5, 5.41) is 0. The van der Waals surface area contributed by atoms with Crippen LogP contribution in [0.25, 0.3) is 22.9 Å². The Balaban J connectivity index is 1.31. The number of rotatable bonds is 8. The van der Waals surface area contributed by atoms with Crippen molar-refractivity contribution in [2.75, 3.05) is 19.1 Å². The molecule has 2 aliphatic rings. The SMILES string of the molecule is COc1ncnc(C2CC2)c1-c1nc2c(c(N(C)Cc3ccc(-c4nc(C(F)(F)F)cn4C(C)C)nc3)n1)COC2. The van der Waals surface area contributed by atoms with Crippen LogP contribution in [0.4, 0.5) is 19.0 Å². The van der Waals surface area contributed by atoms with Crippen LogP contribution in [0.3, 0.4) is 0 Å². The zero-order valence-electron chi connectivity index (χ0n) is 23.1. The predicted octanol–water partition coefficient (Wildman–Crippen LogP) is 5.34. The third kappa shape index (κ3) is 5.21. The van der Waals surface area contributed by atoms with Crippen molar-refractivity contribution in [2.45, 2.75) is 64.6 Å². The van der Waals surface area contributed by atoms with Gasteiger partial charge in [0.1, 0.15) is 23.4 Å². The summed E-state index contributed by atoms with van der Waals surface area (Å²) in [4.78, 5) is 28.9. The molecule has 214 valence electrons. The number of hydrogen-bond donors (Lipinski definition) is 0. The Bertz CT molecular complexity index is 1580. The summed E-state index contributed by atoms with van der Waals surface area (Å²) >= 11 is 0. The Hall–Kier alpha value is -4.13. The molecule has 5 heterocycles. The van der Waals surface area contributed by atoms with Crippen LogP contribution < -0.4 is 9.64 Å². The molecule has 4 aromatic rings. The molecule has 13 heteroatoms. The van der Waals surface area contributed by atoms with Crippen molar-refractivity contribution in [3.05, 3.63) is 59.1 Å². The zero-order chi connectivity index (χ0) is 28.9. The molecule has 4 aromatic heterocycles. The molecular weight excluding hydrogens is 537 g/mol. The lowest BCUT2D eigenvalue weighted by Crippen LogP contribution is -2.21. The average Bonchev–Trinajstić information content (AvgIpc) is 3.49. The molecule has 0 N–H and O–H groups in total. The second-order valence-electron chi connectivity index (χ2n) is 10.6. The lowest BCUT2D eigenvalue weighted by atomic mass is 10.1. The summed E-state index contributed by atoms with van der Waals surface area (Å²) < 4.78 is 52.8. The number of halogens is 3. The molecule has 1 aliphatic carbocycles. The summed E-state index contributed by atoms with van der Waals surface area (Å²) in [6.07, 6.45) is 1.75. The molecule has 0 atom stereocenters. The van der Waals surface area contributed by atoms with Gasteiger partial charge in [0.05, 0.1) is 31.7 Å². The molecule has 0 spiro atoms. The van der Waals surface area contributed by atoms with Crippen molar-refractivity contribution in [3.8, 4) is 28.8 Å². The van der Waals surface area contributed by atoms with E-state index in [0.29, 0.717) is 54.5 Å². The quantitative estimate of drug-likeness (QED) is 0.279. The maximum absolute atomic E-state index is 13.3. The van der Waals surface area contributed by atoms with Crippen LogP contribution >= 0.6 is 0 Å². The van der Waals surface area contributed by atoms with E-state index >= 15 is 0 Å². The van der Waals surface area contributed by atoms with Crippen LogP contribution in [0.5, 0.6) is 5.88 Å². The van der Waals surface area contributed by atoms with Gasteiger partial charge in [0, 0.05) is 43.5 Å². The third-order valence-corrected chi connectivity index (χ3v) is 7.19. The molecule has 41 heavy (non-hydrogen) atoms. The van der Waals surface area contributed by atoms with Gasteiger partial charge in [-0.15, -0.1) is 0 Å². The third-order valence-electron chi connectivity index (χ3n) is 7.19. The first kappa shape index (κ1) is 27.1. The minimum atomic E-state index is -4.53. The molecule has 0 amide bonds. The Labute approximate surface area is 234 Å². The first-order chi connectivity index (χ1) is 19.6. The topological polar surface area (TPSA) is 104 Å². The lowest BCUT2D eigenvalue weighted by Gasteiger charge is -2.22. The summed E-state index contributed by atoms with van der Waals surface area (Å²) in [6.45, 7) is 4.82. The Morgan fingerprint density at radius 3 is 2.56 bits per heavy atom. The van der Waals surface area contributed by atoms with Gasteiger partial charge < -0.3 is 18.9 Å². The molecule has 1 aliphatic heterocycles. The predicted molar refractivity (Wildman–Crippen MR) is 143 cm³/mol. The highest BCUT2D eigenvalue weighted by Gasteiger charge is 2.36. The van der Waals surface area contributed by atoms with Gasteiger partial charge in [-0.1, -0.05) is 6.07 Å². The number of ether oxygens (including phenoxy) is 2. The highest BCUT2D eigenvalue weighted by molar-refractivity contribution is 5.68. The molecule has 0 unspecified atom stereocenters. The van der Waals surface area contributed by atoms with Crippen LogP contribution in [0.1, 0.15) is 66.9 Å². The normalized spacial score (nSPS) is 14.9. The molecular formula is C28H29F3N8O2. The number of alkyl halides is 3. The van der Waals surface area contributed by atoms with Gasteiger partial charge in [0.15, 0.2) is 17.3 Å². The number of anilines is 1. The second kappa shape index (κ2) is 10.4. The number of methoxy groups -OCH3 is 1. The maximum Gasteiger partial charge on any atom is 0.434 e. The van der Waals surface area contributed by atoms with Gasteiger partial charge in [0.2, 0.25) is 5.88 Å². The molecule has 10 nitrogen and oxygen atoms in total. The van der Waals surface area contributed by atoms with E-state index in [-0.39, 0.29) is 11.9 Å². The molecule has 1 fully saturated rings. The average molecular weight is 567 g/mol. The van der Waals surface area contributed by atoms with E-state index in [2.05, 4.69) is 19.9 Å². The highest BCUT2D eigenvalue weighted by atomic mass is 19.4. The molecule has 0 radical (unpaired) electrons. The van der Waals surface area contributed by atoms with E-state index in [1.54, 1.807) is 33.2 Å². The summed E-state index contributed by atoms with van der Waals surface area (Å²) in [5.41, 5.74) is 3.57. The van der Waals surface area contributed by atoms with Crippen LogP contribution in [0.2, 0.25) is 0 Å². The van der Waals surface area contributed by atoms with E-state index < -0.39 is 11.9 Å². The van der Waals surface area contributed by atoms with E-state index in [1.165, 1.54) is 10.9 Å². The van der Waals surface area contributed by atoms with Crippen LogP contribution in [-0.2, 0) is 30.7 Å². The van der Waals surface area contributed by atoms with Crippen LogP contribution in [0, 0.1) is 0 Å². The summed E-state index contributed by atoms with van der Waals surface area (Å²) in [5.74, 6) is 2.14. The van der Waals surface area contributed by atoms with E-state index in [1.807, 2.05) is 18.0 Å². The van der Waals surface area contributed by atoms with Gasteiger partial charge in [-0.05, 0) is 38.3 Å². The van der Waals surface area contributed by atoms with Gasteiger partial charge in [0.25, 0.3) is 0 Å². The fourth-order valence-electron chi connectivity index (χ4n) is 4.99.